The Hall–Kier alpha value is -2.40. The number of hydrogen-bond donors (Lipinski definition) is 1. The normalized spacial score (nSPS) is 18.1. The highest BCUT2D eigenvalue weighted by Gasteiger charge is 2.30. The molecule has 0 saturated heterocycles. The molecule has 1 amide bonds. The van der Waals surface area contributed by atoms with Crippen LogP contribution in [0, 0.1) is 0 Å². The number of rotatable bonds is 3. The van der Waals surface area contributed by atoms with Gasteiger partial charge in [-0.3, -0.25) is 4.79 Å². The number of anilines is 1. The fourth-order valence-corrected chi connectivity index (χ4v) is 3.40. The molecule has 5 nitrogen and oxygen atoms in total. The van der Waals surface area contributed by atoms with Gasteiger partial charge in [0, 0.05) is 24.1 Å². The zero-order chi connectivity index (χ0) is 16.7. The van der Waals surface area contributed by atoms with Gasteiger partial charge in [-0.1, -0.05) is 17.7 Å². The summed E-state index contributed by atoms with van der Waals surface area (Å²) in [6.07, 6.45) is 0.358. The minimum atomic E-state index is -0.0866. The maximum Gasteiger partial charge on any atom is 0.231 e. The molecule has 2 heterocycles. The second kappa shape index (κ2) is 5.91. The summed E-state index contributed by atoms with van der Waals surface area (Å²) >= 11 is 6.31. The summed E-state index contributed by atoms with van der Waals surface area (Å²) < 4.78 is 16.3. The van der Waals surface area contributed by atoms with Crippen LogP contribution in [-0.2, 0) is 4.79 Å². The first kappa shape index (κ1) is 15.1. The van der Waals surface area contributed by atoms with Crippen LogP contribution in [0.1, 0.15) is 30.4 Å². The molecular weight excluding hydrogens is 330 g/mol. The van der Waals surface area contributed by atoms with Crippen LogP contribution in [0.5, 0.6) is 17.2 Å². The van der Waals surface area contributed by atoms with E-state index in [9.17, 15) is 4.79 Å². The lowest BCUT2D eigenvalue weighted by Crippen LogP contribution is -2.23. The highest BCUT2D eigenvalue weighted by atomic mass is 35.5. The molecule has 2 aliphatic rings. The number of ether oxygens (including phenoxy) is 3. The molecule has 6 heteroatoms. The zero-order valence-corrected chi connectivity index (χ0v) is 13.9. The Morgan fingerprint density at radius 1 is 1.25 bits per heavy atom. The third-order valence-corrected chi connectivity index (χ3v) is 4.54. The number of carbonyl (C=O) groups excluding carboxylic acids is 1. The van der Waals surface area contributed by atoms with Crippen LogP contribution < -0.4 is 19.5 Å². The van der Waals surface area contributed by atoms with Crippen molar-refractivity contribution >= 4 is 23.2 Å². The van der Waals surface area contributed by atoms with Crippen molar-refractivity contribution in [2.24, 2.45) is 0 Å². The van der Waals surface area contributed by atoms with Crippen molar-refractivity contribution in [3.05, 3.63) is 46.5 Å². The molecule has 4 rings (SSSR count). The Bertz CT molecular complexity index is 821. The molecule has 24 heavy (non-hydrogen) atoms. The highest BCUT2D eigenvalue weighted by Crippen LogP contribution is 2.45. The van der Waals surface area contributed by atoms with Gasteiger partial charge in [0.25, 0.3) is 0 Å². The fourth-order valence-electron chi connectivity index (χ4n) is 3.15. The van der Waals surface area contributed by atoms with Crippen LogP contribution in [0.3, 0.4) is 0 Å². The number of fused-ring (bicyclic) bond motifs is 2. The average molecular weight is 346 g/mol. The van der Waals surface area contributed by atoms with Crippen LogP contribution in [0.4, 0.5) is 5.69 Å². The molecule has 0 bridgehead atoms. The summed E-state index contributed by atoms with van der Waals surface area (Å²) in [5.74, 6) is 1.88. The lowest BCUT2D eigenvalue weighted by Gasteiger charge is -2.26. The molecule has 1 N–H and O–H groups in total. The van der Waals surface area contributed by atoms with Crippen LogP contribution in [0.2, 0.25) is 5.02 Å². The Morgan fingerprint density at radius 3 is 2.79 bits per heavy atom. The molecule has 0 spiro atoms. The number of hydrogen-bond acceptors (Lipinski definition) is 4. The first-order valence-corrected chi connectivity index (χ1v) is 8.19. The van der Waals surface area contributed by atoms with Crippen molar-refractivity contribution < 1.29 is 19.0 Å². The maximum absolute atomic E-state index is 12.1. The smallest absolute Gasteiger partial charge is 0.231 e. The highest BCUT2D eigenvalue weighted by molar-refractivity contribution is 6.32. The largest absolute Gasteiger partial charge is 0.492 e. The maximum atomic E-state index is 12.1. The van der Waals surface area contributed by atoms with Crippen molar-refractivity contribution in [2.75, 3.05) is 18.7 Å². The summed E-state index contributed by atoms with van der Waals surface area (Å²) in [5.41, 5.74) is 2.73. The summed E-state index contributed by atoms with van der Waals surface area (Å²) in [6.45, 7) is 2.66. The van der Waals surface area contributed by atoms with Crippen LogP contribution >= 0.6 is 11.6 Å². The van der Waals surface area contributed by atoms with E-state index in [1.807, 2.05) is 37.3 Å². The van der Waals surface area contributed by atoms with E-state index in [4.69, 9.17) is 25.8 Å². The molecular formula is C18H16ClNO4. The predicted molar refractivity (Wildman–Crippen MR) is 90.3 cm³/mol. The second-order valence-corrected chi connectivity index (χ2v) is 6.13. The van der Waals surface area contributed by atoms with Gasteiger partial charge in [0.1, 0.15) is 5.75 Å². The summed E-state index contributed by atoms with van der Waals surface area (Å²) in [5, 5.41) is 3.45. The standard InChI is InChI=1S/C18H16ClNO4/c1-2-22-15-4-3-10(5-13(15)19)11-7-18(21)20-14-8-17-16(6-12(11)14)23-9-24-17/h3-6,8,11H,2,7,9H2,1H3,(H,20,21). The quantitative estimate of drug-likeness (QED) is 0.915. The van der Waals surface area contributed by atoms with Crippen molar-refractivity contribution in [1.29, 1.82) is 0 Å². The third-order valence-electron chi connectivity index (χ3n) is 4.24. The van der Waals surface area contributed by atoms with Gasteiger partial charge < -0.3 is 19.5 Å². The molecule has 2 aliphatic heterocycles. The SMILES string of the molecule is CCOc1ccc(C2CC(=O)Nc3cc4c(cc32)OCO4)cc1Cl. The van der Waals surface area contributed by atoms with Gasteiger partial charge >= 0.3 is 0 Å². The van der Waals surface area contributed by atoms with Gasteiger partial charge in [-0.2, -0.15) is 0 Å². The first-order valence-electron chi connectivity index (χ1n) is 7.81. The molecule has 0 aromatic heterocycles. The fraction of sp³-hybridized carbons (Fsp3) is 0.278. The lowest BCUT2D eigenvalue weighted by molar-refractivity contribution is -0.116. The van der Waals surface area contributed by atoms with Gasteiger partial charge in [0.15, 0.2) is 11.5 Å². The zero-order valence-electron chi connectivity index (χ0n) is 13.1. The number of benzene rings is 2. The van der Waals surface area contributed by atoms with Crippen LogP contribution in [-0.4, -0.2) is 19.3 Å². The molecule has 1 atom stereocenters. The van der Waals surface area contributed by atoms with Crippen molar-refractivity contribution in [2.45, 2.75) is 19.3 Å². The molecule has 0 aliphatic carbocycles. The van der Waals surface area contributed by atoms with Gasteiger partial charge in [0.05, 0.1) is 11.6 Å². The van der Waals surface area contributed by atoms with Gasteiger partial charge in [-0.15, -0.1) is 0 Å². The van der Waals surface area contributed by atoms with E-state index in [-0.39, 0.29) is 18.6 Å². The average Bonchev–Trinajstić information content (AvgIpc) is 3.01. The predicted octanol–water partition coefficient (Wildman–Crippen LogP) is 3.94. The van der Waals surface area contributed by atoms with E-state index in [1.54, 1.807) is 0 Å². The molecule has 2 aromatic rings. The summed E-state index contributed by atoms with van der Waals surface area (Å²) in [4.78, 5) is 12.1. The van der Waals surface area contributed by atoms with E-state index in [2.05, 4.69) is 5.32 Å². The van der Waals surface area contributed by atoms with E-state index >= 15 is 0 Å². The van der Waals surface area contributed by atoms with Crippen LogP contribution in [0.25, 0.3) is 0 Å². The summed E-state index contributed by atoms with van der Waals surface area (Å²) in [6, 6.07) is 9.42. The van der Waals surface area contributed by atoms with E-state index in [0.717, 1.165) is 16.8 Å². The summed E-state index contributed by atoms with van der Waals surface area (Å²) in [7, 11) is 0. The number of carbonyl (C=O) groups is 1. The number of amides is 1. The Balaban J connectivity index is 1.77. The Morgan fingerprint density at radius 2 is 2.04 bits per heavy atom. The van der Waals surface area contributed by atoms with Crippen molar-refractivity contribution in [1.82, 2.24) is 0 Å². The minimum Gasteiger partial charge on any atom is -0.492 e. The van der Waals surface area contributed by atoms with E-state index in [1.165, 1.54) is 0 Å². The molecule has 0 radical (unpaired) electrons. The lowest BCUT2D eigenvalue weighted by atomic mass is 9.84. The second-order valence-electron chi connectivity index (χ2n) is 5.72. The molecule has 124 valence electrons. The first-order chi connectivity index (χ1) is 11.7. The monoisotopic (exact) mass is 345 g/mol. The molecule has 0 fully saturated rings. The van der Waals surface area contributed by atoms with Gasteiger partial charge in [0.2, 0.25) is 12.7 Å². The van der Waals surface area contributed by atoms with Crippen molar-refractivity contribution in [3.63, 3.8) is 0 Å². The van der Waals surface area contributed by atoms with Gasteiger partial charge in [-0.25, -0.2) is 0 Å². The number of halogens is 1. The molecule has 2 aromatic carbocycles. The Labute approximate surface area is 144 Å². The topological polar surface area (TPSA) is 56.8 Å². The molecule has 0 saturated carbocycles. The number of nitrogens with one attached hydrogen (secondary N) is 1. The minimum absolute atomic E-state index is 0.0311. The van der Waals surface area contributed by atoms with E-state index < -0.39 is 0 Å². The Kier molecular flexibility index (Phi) is 3.73. The van der Waals surface area contributed by atoms with Crippen molar-refractivity contribution in [3.8, 4) is 17.2 Å². The van der Waals surface area contributed by atoms with Crippen LogP contribution in [0.15, 0.2) is 30.3 Å². The third kappa shape index (κ3) is 2.55. The van der Waals surface area contributed by atoms with E-state index in [0.29, 0.717) is 35.3 Å². The van der Waals surface area contributed by atoms with Gasteiger partial charge in [-0.05, 0) is 36.2 Å². The molecule has 1 unspecified atom stereocenters.